The fourth-order valence-corrected chi connectivity index (χ4v) is 8.56. The van der Waals surface area contributed by atoms with Crippen molar-refractivity contribution < 1.29 is 28.6 Å². The maximum absolute atomic E-state index is 12.8. The highest BCUT2D eigenvalue weighted by Crippen LogP contribution is 2.16. The summed E-state index contributed by atoms with van der Waals surface area (Å²) in [4.78, 5) is 38.1. The molecule has 0 aromatic heterocycles. The van der Waals surface area contributed by atoms with E-state index >= 15 is 0 Å². The van der Waals surface area contributed by atoms with Gasteiger partial charge in [-0.1, -0.05) is 266 Å². The van der Waals surface area contributed by atoms with Crippen molar-refractivity contribution >= 4 is 17.9 Å². The Morgan fingerprint density at radius 3 is 0.875 bits per heavy atom. The number of ether oxygens (including phenoxy) is 3. The van der Waals surface area contributed by atoms with Crippen LogP contribution in [0.2, 0.25) is 0 Å². The first-order chi connectivity index (χ1) is 35.5. The van der Waals surface area contributed by atoms with Gasteiger partial charge < -0.3 is 14.2 Å². The van der Waals surface area contributed by atoms with Crippen molar-refractivity contribution in [3.05, 3.63) is 85.1 Å². The third kappa shape index (κ3) is 57.5. The maximum Gasteiger partial charge on any atom is 0.306 e. The van der Waals surface area contributed by atoms with E-state index in [1.165, 1.54) is 161 Å². The Hall–Kier alpha value is -3.41. The van der Waals surface area contributed by atoms with E-state index in [-0.39, 0.29) is 37.5 Å². The first kappa shape index (κ1) is 68.6. The molecule has 414 valence electrons. The van der Waals surface area contributed by atoms with Gasteiger partial charge >= 0.3 is 17.9 Å². The minimum Gasteiger partial charge on any atom is -0.462 e. The van der Waals surface area contributed by atoms with Crippen molar-refractivity contribution in [2.24, 2.45) is 0 Å². The molecule has 0 aromatic rings. The van der Waals surface area contributed by atoms with Gasteiger partial charge in [-0.2, -0.15) is 0 Å². The summed E-state index contributed by atoms with van der Waals surface area (Å²) in [6.45, 7) is 6.48. The molecular formula is C66H114O6. The second-order valence-electron chi connectivity index (χ2n) is 20.2. The van der Waals surface area contributed by atoms with Crippen molar-refractivity contribution in [3.63, 3.8) is 0 Å². The van der Waals surface area contributed by atoms with Crippen molar-refractivity contribution in [2.75, 3.05) is 13.2 Å². The van der Waals surface area contributed by atoms with Crippen molar-refractivity contribution in [3.8, 4) is 0 Å². The topological polar surface area (TPSA) is 78.9 Å². The number of hydrogen-bond acceptors (Lipinski definition) is 6. The summed E-state index contributed by atoms with van der Waals surface area (Å²) in [5, 5.41) is 0. The Kier molecular flexibility index (Phi) is 57.3. The van der Waals surface area contributed by atoms with Gasteiger partial charge in [-0.15, -0.1) is 0 Å². The lowest BCUT2D eigenvalue weighted by atomic mass is 10.0. The Morgan fingerprint density at radius 1 is 0.292 bits per heavy atom. The summed E-state index contributed by atoms with van der Waals surface area (Å²) in [6, 6.07) is 0. The van der Waals surface area contributed by atoms with Crippen LogP contribution < -0.4 is 0 Å². The van der Waals surface area contributed by atoms with E-state index in [1.54, 1.807) is 0 Å². The zero-order chi connectivity index (χ0) is 52.2. The predicted molar refractivity (Wildman–Crippen MR) is 311 cm³/mol. The molecule has 0 radical (unpaired) electrons. The molecular weight excluding hydrogens is 889 g/mol. The van der Waals surface area contributed by atoms with Crippen molar-refractivity contribution in [1.29, 1.82) is 0 Å². The molecule has 72 heavy (non-hydrogen) atoms. The molecule has 0 N–H and O–H groups in total. The minimum atomic E-state index is -0.796. The molecule has 6 heteroatoms. The lowest BCUT2D eigenvalue weighted by Crippen LogP contribution is -2.30. The van der Waals surface area contributed by atoms with Crippen LogP contribution in [0.5, 0.6) is 0 Å². The summed E-state index contributed by atoms with van der Waals surface area (Å²) >= 11 is 0. The van der Waals surface area contributed by atoms with E-state index in [9.17, 15) is 14.4 Å². The van der Waals surface area contributed by atoms with Crippen LogP contribution in [0.25, 0.3) is 0 Å². The zero-order valence-corrected chi connectivity index (χ0v) is 47.4. The lowest BCUT2D eigenvalue weighted by Gasteiger charge is -2.18. The smallest absolute Gasteiger partial charge is 0.306 e. The molecule has 0 aliphatic carbocycles. The molecule has 6 nitrogen and oxygen atoms in total. The van der Waals surface area contributed by atoms with Gasteiger partial charge in [-0.3, -0.25) is 14.4 Å². The number of carbonyl (C=O) groups is 3. The third-order valence-electron chi connectivity index (χ3n) is 13.1. The highest BCUT2D eigenvalue weighted by molar-refractivity contribution is 5.71. The zero-order valence-electron chi connectivity index (χ0n) is 47.4. The van der Waals surface area contributed by atoms with E-state index in [1.807, 2.05) is 0 Å². The minimum absolute atomic E-state index is 0.0909. The van der Waals surface area contributed by atoms with Crippen LogP contribution in [0.3, 0.4) is 0 Å². The van der Waals surface area contributed by atoms with Crippen molar-refractivity contribution in [2.45, 2.75) is 303 Å². The van der Waals surface area contributed by atoms with Gasteiger partial charge in [0.05, 0.1) is 0 Å². The average Bonchev–Trinajstić information content (AvgIpc) is 3.38. The summed E-state index contributed by atoms with van der Waals surface area (Å²) in [7, 11) is 0. The summed E-state index contributed by atoms with van der Waals surface area (Å²) in [5.41, 5.74) is 0. The largest absolute Gasteiger partial charge is 0.462 e. The molecule has 0 spiro atoms. The molecule has 0 amide bonds. The van der Waals surface area contributed by atoms with Gasteiger partial charge in [0.15, 0.2) is 6.10 Å². The van der Waals surface area contributed by atoms with Gasteiger partial charge in [0, 0.05) is 19.3 Å². The summed E-state index contributed by atoms with van der Waals surface area (Å²) < 4.78 is 16.8. The van der Waals surface area contributed by atoms with E-state index in [4.69, 9.17) is 14.2 Å². The Balaban J connectivity index is 4.20. The summed E-state index contributed by atoms with van der Waals surface area (Å²) in [5.74, 6) is -0.928. The van der Waals surface area contributed by atoms with Crippen LogP contribution in [-0.2, 0) is 28.6 Å². The van der Waals surface area contributed by atoms with Gasteiger partial charge in [0.1, 0.15) is 13.2 Å². The normalized spacial score (nSPS) is 12.7. The lowest BCUT2D eigenvalue weighted by molar-refractivity contribution is -0.167. The maximum atomic E-state index is 12.8. The highest BCUT2D eigenvalue weighted by Gasteiger charge is 2.19. The number of rotatable bonds is 55. The number of esters is 3. The second-order valence-corrected chi connectivity index (χ2v) is 20.2. The fourth-order valence-electron chi connectivity index (χ4n) is 8.56. The number of hydrogen-bond donors (Lipinski definition) is 0. The molecule has 0 aliphatic heterocycles. The Bertz CT molecular complexity index is 1380. The monoisotopic (exact) mass is 1000 g/mol. The molecule has 0 fully saturated rings. The first-order valence-electron chi connectivity index (χ1n) is 30.6. The third-order valence-corrected chi connectivity index (χ3v) is 13.1. The number of allylic oxidation sites excluding steroid dienone is 14. The quantitative estimate of drug-likeness (QED) is 0.0261. The molecule has 1 unspecified atom stereocenters. The predicted octanol–water partition coefficient (Wildman–Crippen LogP) is 20.7. The average molecular weight is 1000 g/mol. The van der Waals surface area contributed by atoms with Crippen LogP contribution in [0.4, 0.5) is 0 Å². The van der Waals surface area contributed by atoms with E-state index < -0.39 is 6.10 Å². The van der Waals surface area contributed by atoms with E-state index in [2.05, 4.69) is 106 Å². The molecule has 0 saturated heterocycles. The molecule has 0 aliphatic rings. The van der Waals surface area contributed by atoms with Crippen LogP contribution in [0.15, 0.2) is 85.1 Å². The van der Waals surface area contributed by atoms with Crippen molar-refractivity contribution in [1.82, 2.24) is 0 Å². The standard InChI is InChI=1S/C66H114O6/c1-4-7-10-13-16-19-22-24-26-27-28-29-30-31-32-33-34-35-36-37-38-39-41-42-44-47-50-53-56-59-65(68)71-62-63(61-70-64(67)58-55-52-49-46-21-18-15-12-9-6-3)72-66(69)60-57-54-51-48-45-43-40-25-23-20-17-14-11-8-5-2/h8,11,17,20,22,24-25,27-28,30-31,40,45,48,63H,4-7,9-10,12-16,18-19,21,23,26,29,32-39,41-44,46-47,49-62H2,1-3H3/b11-8-,20-17-,24-22-,28-27-,31-30-,40-25-,48-45-. The Morgan fingerprint density at radius 2 is 0.542 bits per heavy atom. The van der Waals surface area contributed by atoms with Crippen LogP contribution in [-0.4, -0.2) is 37.2 Å². The van der Waals surface area contributed by atoms with E-state index in [0.29, 0.717) is 19.3 Å². The van der Waals surface area contributed by atoms with Gasteiger partial charge in [0.2, 0.25) is 0 Å². The fraction of sp³-hybridized carbons (Fsp3) is 0.742. The first-order valence-corrected chi connectivity index (χ1v) is 30.6. The van der Waals surface area contributed by atoms with Gasteiger partial charge in [-0.25, -0.2) is 0 Å². The van der Waals surface area contributed by atoms with Gasteiger partial charge in [0.25, 0.3) is 0 Å². The highest BCUT2D eigenvalue weighted by atomic mass is 16.6. The van der Waals surface area contributed by atoms with Crippen LogP contribution in [0.1, 0.15) is 297 Å². The second kappa shape index (κ2) is 60.1. The number of carbonyl (C=O) groups excluding carboxylic acids is 3. The van der Waals surface area contributed by atoms with Gasteiger partial charge in [-0.05, 0) is 96.3 Å². The SMILES string of the molecule is CC/C=C\C/C=C\C/C=C\C/C=C\CCCCC(=O)OC(COC(=O)CCCCCCCCCCCC)COC(=O)CCCCCCCCCCCCCCCC/C=C\C/C=C\C/C=C\CCCCCCC. The molecule has 0 heterocycles. The molecule has 0 bridgehead atoms. The Labute approximate surface area is 445 Å². The van der Waals surface area contributed by atoms with E-state index in [0.717, 1.165) is 89.9 Å². The summed E-state index contributed by atoms with van der Waals surface area (Å²) in [6.07, 6.45) is 78.9. The number of unbranched alkanes of at least 4 members (excludes halogenated alkanes) is 30. The van der Waals surface area contributed by atoms with Crippen LogP contribution in [0, 0.1) is 0 Å². The molecule has 1 atom stereocenters. The van der Waals surface area contributed by atoms with Crippen LogP contribution >= 0.6 is 0 Å². The molecule has 0 saturated carbocycles. The molecule has 0 aromatic carbocycles. The molecule has 0 rings (SSSR count).